The summed E-state index contributed by atoms with van der Waals surface area (Å²) in [7, 11) is -1.35. The largest absolute Gasteiger partial charge is 1.00 e. The van der Waals surface area contributed by atoms with Crippen LogP contribution in [0.5, 0.6) is 0 Å². The molecule has 138 valence electrons. The lowest BCUT2D eigenvalue weighted by Gasteiger charge is -2.45. The van der Waals surface area contributed by atoms with Gasteiger partial charge in [0.15, 0.2) is 5.16 Å². The molecule has 0 spiro atoms. The zero-order chi connectivity index (χ0) is 18.5. The summed E-state index contributed by atoms with van der Waals surface area (Å²) in [6, 6.07) is 33.7. The maximum atomic E-state index is 2.41. The van der Waals surface area contributed by atoms with Crippen molar-refractivity contribution in [3.05, 3.63) is 108 Å². The molecule has 0 saturated carbocycles. The van der Waals surface area contributed by atoms with Gasteiger partial charge >= 0.3 is 0 Å². The van der Waals surface area contributed by atoms with Crippen LogP contribution in [0.4, 0.5) is 0 Å². The lowest BCUT2D eigenvalue weighted by molar-refractivity contribution is 0.847. The summed E-state index contributed by atoms with van der Waals surface area (Å²) in [6.45, 7) is 7.22. The molecule has 27 heavy (non-hydrogen) atoms. The van der Waals surface area contributed by atoms with Gasteiger partial charge in [-0.2, -0.15) is 0 Å². The van der Waals surface area contributed by atoms with Gasteiger partial charge in [0.1, 0.15) is 0 Å². The van der Waals surface area contributed by atoms with Crippen LogP contribution in [-0.2, 0) is 5.16 Å². The molecule has 3 aromatic rings. The average molecular weight is 372 g/mol. The summed E-state index contributed by atoms with van der Waals surface area (Å²) in [6.07, 6.45) is 3.75. The third kappa shape index (κ3) is 3.51. The van der Waals surface area contributed by atoms with Crippen molar-refractivity contribution in [3.63, 3.8) is 0 Å². The average Bonchev–Trinajstić information content (AvgIpc) is 2.74. The summed E-state index contributed by atoms with van der Waals surface area (Å²) in [4.78, 5) is 0. The molecule has 4 radical (unpaired) electrons. The zero-order valence-electron chi connectivity index (χ0n) is 16.8. The molecule has 0 heterocycles. The molecule has 0 atom stereocenters. The van der Waals surface area contributed by atoms with Crippen molar-refractivity contribution in [2.75, 3.05) is 18.5 Å². The van der Waals surface area contributed by atoms with E-state index in [2.05, 4.69) is 112 Å². The molecule has 3 rings (SSSR count). The number of rotatable bonds is 7. The minimum absolute atomic E-state index is 0. The van der Waals surface area contributed by atoms with Gasteiger partial charge in [0.05, 0.1) is 18.5 Å². The van der Waals surface area contributed by atoms with Crippen LogP contribution in [0.25, 0.3) is 0 Å². The Bertz CT molecular complexity index is 691. The lowest BCUT2D eigenvalue weighted by atomic mass is 9.84. The van der Waals surface area contributed by atoms with E-state index in [0.29, 0.717) is 0 Å². The molecule has 0 unspecified atom stereocenters. The van der Waals surface area contributed by atoms with Gasteiger partial charge in [-0.05, 0) is 20.8 Å². The number of hydrogen-bond donors (Lipinski definition) is 0. The first-order chi connectivity index (χ1) is 12.7. The molecule has 0 nitrogen and oxygen atoms in total. The van der Waals surface area contributed by atoms with Crippen LogP contribution < -0.4 is 0 Å². The summed E-state index contributed by atoms with van der Waals surface area (Å²) < 4.78 is 0. The van der Waals surface area contributed by atoms with E-state index < -0.39 is 7.26 Å². The highest BCUT2D eigenvalue weighted by atomic mass is 31.2. The van der Waals surface area contributed by atoms with Crippen LogP contribution in [-0.4, -0.2) is 26.9 Å². The highest BCUT2D eigenvalue weighted by Crippen LogP contribution is 2.76. The van der Waals surface area contributed by atoms with E-state index in [9.17, 15) is 0 Å². The molecular formula is C25H30BP. The van der Waals surface area contributed by atoms with Gasteiger partial charge < -0.3 is 8.41 Å². The van der Waals surface area contributed by atoms with Gasteiger partial charge in [-0.15, -0.1) is 0 Å². The molecule has 0 saturated heterocycles. The molecule has 0 bridgehead atoms. The topological polar surface area (TPSA) is 0 Å². The minimum atomic E-state index is -1.35. The Hall–Kier alpha value is -1.85. The fraction of sp³-hybridized carbons (Fsp3) is 0.280. The van der Waals surface area contributed by atoms with Gasteiger partial charge in [-0.25, -0.2) is 0 Å². The Morgan fingerprint density at radius 3 is 1.00 bits per heavy atom. The molecule has 0 aromatic heterocycles. The summed E-state index contributed by atoms with van der Waals surface area (Å²) in [5.74, 6) is 0. The smallest absolute Gasteiger partial charge is 0.154 e. The van der Waals surface area contributed by atoms with Gasteiger partial charge in [0.2, 0.25) is 0 Å². The van der Waals surface area contributed by atoms with E-state index >= 15 is 0 Å². The van der Waals surface area contributed by atoms with Gasteiger partial charge in [-0.3, -0.25) is 0 Å². The van der Waals surface area contributed by atoms with Crippen LogP contribution >= 0.6 is 7.26 Å². The van der Waals surface area contributed by atoms with Crippen LogP contribution in [0.2, 0.25) is 0 Å². The lowest BCUT2D eigenvalue weighted by Crippen LogP contribution is -2.35. The van der Waals surface area contributed by atoms with Gasteiger partial charge in [0.25, 0.3) is 0 Å². The standard InChI is InChI=1S/C25H30P.B/c1-4-26(5-2,6-3)25(22-16-10-7-11-17-22,23-18-12-8-13-19-23)24-20-14-9-15-21-24;/h7-21H,4-6H2,1-3H3;/q+1;-1. The second-order valence-corrected chi connectivity index (χ2v) is 11.8. The van der Waals surface area contributed by atoms with E-state index in [1.807, 2.05) is 0 Å². The third-order valence-corrected chi connectivity index (χ3v) is 11.9. The molecule has 3 aromatic carbocycles. The first-order valence-electron chi connectivity index (χ1n) is 9.78. The van der Waals surface area contributed by atoms with Crippen molar-refractivity contribution >= 4 is 15.7 Å². The number of hydrogen-bond acceptors (Lipinski definition) is 0. The quantitative estimate of drug-likeness (QED) is 0.247. The van der Waals surface area contributed by atoms with E-state index in [1.54, 1.807) is 0 Å². The van der Waals surface area contributed by atoms with Crippen molar-refractivity contribution in [2.45, 2.75) is 25.9 Å². The predicted octanol–water partition coefficient (Wildman–Crippen LogP) is 6.68. The highest BCUT2D eigenvalue weighted by Gasteiger charge is 2.57. The monoisotopic (exact) mass is 372 g/mol. The molecule has 0 fully saturated rings. The normalized spacial score (nSPS) is 11.7. The molecular weight excluding hydrogens is 342 g/mol. The van der Waals surface area contributed by atoms with Crippen LogP contribution in [0, 0.1) is 0 Å². The fourth-order valence-electron chi connectivity index (χ4n) is 4.74. The van der Waals surface area contributed by atoms with Crippen LogP contribution in [0.1, 0.15) is 37.5 Å². The summed E-state index contributed by atoms with van der Waals surface area (Å²) >= 11 is 0. The predicted molar refractivity (Wildman–Crippen MR) is 124 cm³/mol. The van der Waals surface area contributed by atoms with Crippen molar-refractivity contribution in [1.82, 2.24) is 0 Å². The van der Waals surface area contributed by atoms with E-state index in [1.165, 1.54) is 35.2 Å². The van der Waals surface area contributed by atoms with Gasteiger partial charge in [0, 0.05) is 24.0 Å². The molecule has 0 amide bonds. The molecule has 0 aliphatic carbocycles. The van der Waals surface area contributed by atoms with Crippen molar-refractivity contribution in [2.24, 2.45) is 0 Å². The molecule has 0 aliphatic rings. The Balaban J connectivity index is 0.00000261. The Kier molecular flexibility index (Phi) is 7.45. The second kappa shape index (κ2) is 9.38. The first kappa shape index (κ1) is 21.5. The summed E-state index contributed by atoms with van der Waals surface area (Å²) in [5, 5.41) is -0.0466. The molecule has 0 N–H and O–H groups in total. The fourth-order valence-corrected chi connectivity index (χ4v) is 9.60. The highest BCUT2D eigenvalue weighted by molar-refractivity contribution is 7.77. The van der Waals surface area contributed by atoms with Crippen LogP contribution in [0.15, 0.2) is 91.0 Å². The SMILES string of the molecule is CC[P+](CC)(CC)C(c1ccccc1)(c1ccccc1)c1ccccc1.[B-]. The van der Waals surface area contributed by atoms with Crippen molar-refractivity contribution < 1.29 is 0 Å². The summed E-state index contributed by atoms with van der Waals surface area (Å²) in [5.41, 5.74) is 4.32. The molecule has 2 heteroatoms. The van der Waals surface area contributed by atoms with Gasteiger partial charge in [-0.1, -0.05) is 91.0 Å². The van der Waals surface area contributed by atoms with Crippen LogP contribution in [0.3, 0.4) is 0 Å². The van der Waals surface area contributed by atoms with E-state index in [4.69, 9.17) is 0 Å². The third-order valence-electron chi connectivity index (χ3n) is 6.10. The Morgan fingerprint density at radius 1 is 0.519 bits per heavy atom. The zero-order valence-corrected chi connectivity index (χ0v) is 17.7. The van der Waals surface area contributed by atoms with E-state index in [-0.39, 0.29) is 13.6 Å². The Morgan fingerprint density at radius 2 is 0.778 bits per heavy atom. The Labute approximate surface area is 168 Å². The maximum Gasteiger partial charge on any atom is 0.154 e. The number of benzene rings is 3. The molecule has 0 aliphatic heterocycles. The minimum Gasteiger partial charge on any atom is -1.00 e. The van der Waals surface area contributed by atoms with Crippen molar-refractivity contribution in [3.8, 4) is 0 Å². The maximum absolute atomic E-state index is 2.41. The second-order valence-electron chi connectivity index (χ2n) is 6.90. The first-order valence-corrected chi connectivity index (χ1v) is 12.1. The van der Waals surface area contributed by atoms with Crippen molar-refractivity contribution in [1.29, 1.82) is 0 Å². The van der Waals surface area contributed by atoms with E-state index in [0.717, 1.165) is 0 Å².